The standard InChI is InChI=1S/C22H19ClF3N3O/c23-18-8-4-16(5-9-18)15-29(14-12-19-3-1-2-13-27-19)21(30)28-20-10-6-17(7-11-20)22(24,25)26/h1-11,13H,12,14-15H2,(H,28,30). The van der Waals surface area contributed by atoms with E-state index in [1.165, 1.54) is 12.1 Å². The Bertz CT molecular complexity index is 962. The van der Waals surface area contributed by atoms with Gasteiger partial charge in [0.25, 0.3) is 0 Å². The van der Waals surface area contributed by atoms with Crippen molar-refractivity contribution in [2.75, 3.05) is 11.9 Å². The van der Waals surface area contributed by atoms with Crippen molar-refractivity contribution in [3.05, 3.63) is 94.8 Å². The van der Waals surface area contributed by atoms with Crippen LogP contribution in [0.15, 0.2) is 72.9 Å². The molecule has 0 unspecified atom stereocenters. The SMILES string of the molecule is O=C(Nc1ccc(C(F)(F)F)cc1)N(CCc1ccccn1)Cc1ccc(Cl)cc1. The number of amides is 2. The number of halogens is 4. The number of rotatable bonds is 6. The minimum Gasteiger partial charge on any atom is -0.320 e. The number of urea groups is 1. The van der Waals surface area contributed by atoms with Crippen LogP contribution in [0.4, 0.5) is 23.7 Å². The lowest BCUT2D eigenvalue weighted by Gasteiger charge is -2.23. The molecule has 3 rings (SSSR count). The topological polar surface area (TPSA) is 45.2 Å². The molecule has 1 N–H and O–H groups in total. The lowest BCUT2D eigenvalue weighted by molar-refractivity contribution is -0.137. The fourth-order valence-electron chi connectivity index (χ4n) is 2.80. The fraction of sp³-hybridized carbons (Fsp3) is 0.182. The number of hydrogen-bond donors (Lipinski definition) is 1. The van der Waals surface area contributed by atoms with Crippen LogP contribution in [0.1, 0.15) is 16.8 Å². The van der Waals surface area contributed by atoms with E-state index in [1.807, 2.05) is 30.3 Å². The van der Waals surface area contributed by atoms with Crippen molar-refractivity contribution >= 4 is 23.3 Å². The van der Waals surface area contributed by atoms with Crippen LogP contribution in [0.5, 0.6) is 0 Å². The monoisotopic (exact) mass is 433 g/mol. The summed E-state index contributed by atoms with van der Waals surface area (Å²) < 4.78 is 38.2. The molecule has 0 fully saturated rings. The molecular formula is C22H19ClF3N3O. The van der Waals surface area contributed by atoms with Crippen molar-refractivity contribution in [3.63, 3.8) is 0 Å². The van der Waals surface area contributed by atoms with E-state index >= 15 is 0 Å². The van der Waals surface area contributed by atoms with Crippen molar-refractivity contribution in [2.24, 2.45) is 0 Å². The maximum absolute atomic E-state index is 12.8. The van der Waals surface area contributed by atoms with Crippen LogP contribution in [-0.4, -0.2) is 22.5 Å². The van der Waals surface area contributed by atoms with Crippen LogP contribution >= 0.6 is 11.6 Å². The van der Waals surface area contributed by atoms with E-state index in [4.69, 9.17) is 11.6 Å². The first kappa shape index (κ1) is 21.6. The maximum atomic E-state index is 12.8. The summed E-state index contributed by atoms with van der Waals surface area (Å²) in [5.41, 5.74) is 1.23. The van der Waals surface area contributed by atoms with Gasteiger partial charge in [-0.2, -0.15) is 13.2 Å². The Morgan fingerprint density at radius 1 is 1.00 bits per heavy atom. The summed E-state index contributed by atoms with van der Waals surface area (Å²) in [6.45, 7) is 0.697. The number of hydrogen-bond acceptors (Lipinski definition) is 2. The highest BCUT2D eigenvalue weighted by atomic mass is 35.5. The number of nitrogens with one attached hydrogen (secondary N) is 1. The normalized spacial score (nSPS) is 11.2. The summed E-state index contributed by atoms with van der Waals surface area (Å²) in [5, 5.41) is 3.25. The zero-order chi connectivity index (χ0) is 21.6. The summed E-state index contributed by atoms with van der Waals surface area (Å²) >= 11 is 5.92. The zero-order valence-corrected chi connectivity index (χ0v) is 16.6. The number of anilines is 1. The predicted molar refractivity (Wildman–Crippen MR) is 110 cm³/mol. The molecule has 2 aromatic carbocycles. The fourth-order valence-corrected chi connectivity index (χ4v) is 2.93. The van der Waals surface area contributed by atoms with E-state index in [2.05, 4.69) is 10.3 Å². The third-order valence-corrected chi connectivity index (χ3v) is 4.65. The average molecular weight is 434 g/mol. The van der Waals surface area contributed by atoms with E-state index < -0.39 is 17.8 Å². The highest BCUT2D eigenvalue weighted by Gasteiger charge is 2.30. The second kappa shape index (κ2) is 9.63. The van der Waals surface area contributed by atoms with Gasteiger partial charge in [-0.05, 0) is 54.1 Å². The smallest absolute Gasteiger partial charge is 0.320 e. The number of aromatic nitrogens is 1. The molecule has 0 radical (unpaired) electrons. The molecule has 0 atom stereocenters. The number of pyridine rings is 1. The van der Waals surface area contributed by atoms with Crippen LogP contribution in [0, 0.1) is 0 Å². The highest BCUT2D eigenvalue weighted by Crippen LogP contribution is 2.29. The largest absolute Gasteiger partial charge is 0.416 e. The summed E-state index contributed by atoms with van der Waals surface area (Å²) in [6.07, 6.45) is -2.21. The third-order valence-electron chi connectivity index (χ3n) is 4.40. The van der Waals surface area contributed by atoms with Gasteiger partial charge >= 0.3 is 12.2 Å². The van der Waals surface area contributed by atoms with E-state index in [9.17, 15) is 18.0 Å². The van der Waals surface area contributed by atoms with Gasteiger partial charge in [-0.15, -0.1) is 0 Å². The zero-order valence-electron chi connectivity index (χ0n) is 15.9. The Labute approximate surface area is 177 Å². The van der Waals surface area contributed by atoms with E-state index in [1.54, 1.807) is 23.2 Å². The number of carbonyl (C=O) groups is 1. The lowest BCUT2D eigenvalue weighted by atomic mass is 10.2. The molecule has 1 heterocycles. The minimum absolute atomic E-state index is 0.284. The molecule has 8 heteroatoms. The molecule has 0 aliphatic rings. The van der Waals surface area contributed by atoms with Crippen LogP contribution in [-0.2, 0) is 19.1 Å². The van der Waals surface area contributed by atoms with Crippen LogP contribution in [0.25, 0.3) is 0 Å². The Hall–Kier alpha value is -3.06. The van der Waals surface area contributed by atoms with Crippen molar-refractivity contribution in [2.45, 2.75) is 19.1 Å². The van der Waals surface area contributed by atoms with Gasteiger partial charge in [0.05, 0.1) is 5.56 Å². The molecule has 156 valence electrons. The molecule has 0 saturated heterocycles. The predicted octanol–water partition coefficient (Wildman–Crippen LogP) is 6.03. The van der Waals surface area contributed by atoms with Gasteiger partial charge in [-0.3, -0.25) is 4.98 Å². The second-order valence-corrected chi connectivity index (χ2v) is 7.06. The molecule has 1 aromatic heterocycles. The minimum atomic E-state index is -4.42. The molecule has 2 amide bonds. The van der Waals surface area contributed by atoms with Crippen molar-refractivity contribution in [1.29, 1.82) is 0 Å². The van der Waals surface area contributed by atoms with Crippen LogP contribution in [0.3, 0.4) is 0 Å². The summed E-state index contributed by atoms with van der Waals surface area (Å²) in [6, 6.07) is 16.6. The van der Waals surface area contributed by atoms with E-state index in [-0.39, 0.29) is 5.69 Å². The Morgan fingerprint density at radius 2 is 1.70 bits per heavy atom. The Kier molecular flexibility index (Phi) is 6.95. The maximum Gasteiger partial charge on any atom is 0.416 e. The van der Waals surface area contributed by atoms with Gasteiger partial charge in [0.15, 0.2) is 0 Å². The molecular weight excluding hydrogens is 415 g/mol. The second-order valence-electron chi connectivity index (χ2n) is 6.62. The summed E-state index contributed by atoms with van der Waals surface area (Å²) in [5.74, 6) is 0. The molecule has 3 aromatic rings. The molecule has 30 heavy (non-hydrogen) atoms. The number of benzene rings is 2. The number of alkyl halides is 3. The molecule has 0 bridgehead atoms. The van der Waals surface area contributed by atoms with Gasteiger partial charge in [-0.1, -0.05) is 29.8 Å². The van der Waals surface area contributed by atoms with Gasteiger partial charge in [0.1, 0.15) is 0 Å². The first-order chi connectivity index (χ1) is 14.3. The molecule has 0 aliphatic heterocycles. The van der Waals surface area contributed by atoms with Gasteiger partial charge in [0.2, 0.25) is 0 Å². The summed E-state index contributed by atoms with van der Waals surface area (Å²) in [7, 11) is 0. The van der Waals surface area contributed by atoms with Crippen LogP contribution < -0.4 is 5.32 Å². The first-order valence-electron chi connectivity index (χ1n) is 9.19. The molecule has 0 aliphatic carbocycles. The van der Waals surface area contributed by atoms with E-state index in [0.29, 0.717) is 24.5 Å². The quantitative estimate of drug-likeness (QED) is 0.515. The first-order valence-corrected chi connectivity index (χ1v) is 9.56. The van der Waals surface area contributed by atoms with Gasteiger partial charge in [0, 0.05) is 42.1 Å². The lowest BCUT2D eigenvalue weighted by Crippen LogP contribution is -2.36. The number of nitrogens with zero attached hydrogens (tertiary/aromatic N) is 2. The highest BCUT2D eigenvalue weighted by molar-refractivity contribution is 6.30. The Balaban J connectivity index is 1.72. The van der Waals surface area contributed by atoms with Gasteiger partial charge in [-0.25, -0.2) is 4.79 Å². The van der Waals surface area contributed by atoms with Crippen LogP contribution in [0.2, 0.25) is 5.02 Å². The van der Waals surface area contributed by atoms with Crippen molar-refractivity contribution < 1.29 is 18.0 Å². The molecule has 0 spiro atoms. The van der Waals surface area contributed by atoms with Crippen molar-refractivity contribution in [1.82, 2.24) is 9.88 Å². The summed E-state index contributed by atoms with van der Waals surface area (Å²) in [4.78, 5) is 18.7. The molecule has 4 nitrogen and oxygen atoms in total. The molecule has 0 saturated carbocycles. The Morgan fingerprint density at radius 3 is 2.30 bits per heavy atom. The van der Waals surface area contributed by atoms with E-state index in [0.717, 1.165) is 23.4 Å². The average Bonchev–Trinajstić information content (AvgIpc) is 2.73. The van der Waals surface area contributed by atoms with Crippen molar-refractivity contribution in [3.8, 4) is 0 Å². The van der Waals surface area contributed by atoms with Gasteiger partial charge < -0.3 is 10.2 Å². The number of carbonyl (C=O) groups excluding carboxylic acids is 1. The third kappa shape index (κ3) is 6.22.